The number of nitrogens with zero attached hydrogens (tertiary/aromatic N) is 5. The van der Waals surface area contributed by atoms with Crippen LogP contribution in [0.5, 0.6) is 5.75 Å². The number of carbonyl (C=O) groups excluding carboxylic acids is 1. The highest BCUT2D eigenvalue weighted by molar-refractivity contribution is 6.01. The Balaban J connectivity index is 0.981. The van der Waals surface area contributed by atoms with Crippen LogP contribution in [0.25, 0.3) is 22.3 Å². The molecule has 13 nitrogen and oxygen atoms in total. The lowest BCUT2D eigenvalue weighted by Crippen LogP contribution is -2.57. The van der Waals surface area contributed by atoms with E-state index in [-0.39, 0.29) is 49.6 Å². The predicted octanol–water partition coefficient (Wildman–Crippen LogP) is 2.98. The van der Waals surface area contributed by atoms with Gasteiger partial charge in [-0.05, 0) is 51.1 Å². The zero-order valence-electron chi connectivity index (χ0n) is 31.5. The van der Waals surface area contributed by atoms with Gasteiger partial charge in [0.25, 0.3) is 5.56 Å². The summed E-state index contributed by atoms with van der Waals surface area (Å²) in [6, 6.07) is 11.0. The number of ether oxygens (including phenoxy) is 2. The van der Waals surface area contributed by atoms with Gasteiger partial charge in [0.05, 0.1) is 61.9 Å². The lowest BCUT2D eigenvalue weighted by Gasteiger charge is -2.42. The third-order valence-corrected chi connectivity index (χ3v) is 12.2. The minimum absolute atomic E-state index is 0.0639. The van der Waals surface area contributed by atoms with Crippen molar-refractivity contribution in [3.63, 3.8) is 0 Å². The van der Waals surface area contributed by atoms with Crippen molar-refractivity contribution in [2.75, 3.05) is 70.3 Å². The number of halogens is 1. The number of hydrogen-bond acceptors (Lipinski definition) is 10. The molecule has 4 aliphatic rings. The fourth-order valence-corrected chi connectivity index (χ4v) is 8.48. The zero-order valence-corrected chi connectivity index (χ0v) is 31.5. The molecule has 1 fully saturated rings. The van der Waals surface area contributed by atoms with E-state index >= 15 is 4.39 Å². The molecule has 4 N–H and O–H groups in total. The molecule has 4 aromatic rings. The van der Waals surface area contributed by atoms with Crippen LogP contribution in [0.2, 0.25) is 0 Å². The number of pyridine rings is 2. The van der Waals surface area contributed by atoms with Gasteiger partial charge in [0, 0.05) is 65.6 Å². The van der Waals surface area contributed by atoms with E-state index in [9.17, 15) is 19.8 Å². The van der Waals surface area contributed by atoms with Gasteiger partial charge in [-0.25, -0.2) is 9.37 Å². The van der Waals surface area contributed by atoms with Crippen LogP contribution in [0.4, 0.5) is 15.8 Å². The molecule has 1 saturated heterocycles. The number of likely N-dealkylation sites (N-methyl/N-ethyl adjacent to an activating group) is 2. The van der Waals surface area contributed by atoms with Crippen LogP contribution in [0.3, 0.4) is 0 Å². The quantitative estimate of drug-likeness (QED) is 0.167. The van der Waals surface area contributed by atoms with Gasteiger partial charge in [0.2, 0.25) is 5.91 Å². The van der Waals surface area contributed by atoms with Crippen LogP contribution in [0.15, 0.2) is 41.2 Å². The second-order valence-corrected chi connectivity index (χ2v) is 15.5. The van der Waals surface area contributed by atoms with Gasteiger partial charge in [-0.2, -0.15) is 0 Å². The summed E-state index contributed by atoms with van der Waals surface area (Å²) >= 11 is 0. The second-order valence-electron chi connectivity index (χ2n) is 15.5. The number of carbonyl (C=O) groups is 1. The van der Waals surface area contributed by atoms with Gasteiger partial charge in [-0.3, -0.25) is 14.5 Å². The molecule has 2 aromatic heterocycles. The molecule has 54 heavy (non-hydrogen) atoms. The van der Waals surface area contributed by atoms with Crippen molar-refractivity contribution >= 4 is 28.2 Å². The van der Waals surface area contributed by atoms with Crippen molar-refractivity contribution < 1.29 is 33.4 Å². The van der Waals surface area contributed by atoms with E-state index in [0.717, 1.165) is 66.0 Å². The summed E-state index contributed by atoms with van der Waals surface area (Å²) in [4.78, 5) is 35.5. The summed E-state index contributed by atoms with van der Waals surface area (Å²) in [6.07, 6.45) is -1.31. The Morgan fingerprint density at radius 1 is 1.17 bits per heavy atom. The third-order valence-electron chi connectivity index (χ3n) is 12.2. The van der Waals surface area contributed by atoms with Crippen LogP contribution >= 0.6 is 0 Å². The first-order valence-electron chi connectivity index (χ1n) is 18.8. The van der Waals surface area contributed by atoms with E-state index in [0.29, 0.717) is 40.3 Å². The van der Waals surface area contributed by atoms with E-state index < -0.39 is 17.7 Å². The van der Waals surface area contributed by atoms with Crippen LogP contribution in [-0.4, -0.2) is 107 Å². The van der Waals surface area contributed by atoms with Gasteiger partial charge in [-0.1, -0.05) is 19.1 Å². The monoisotopic (exact) mass is 742 g/mol. The standard InChI is InChI=1S/C40H48FN7O6/c1-6-40(52)29-17-32-34-27(19-47(32)38(50)28(29)21-53-39(40)51)23(2)33-31(44-34)18-30(41)36-35(33)46(22-54-36)12-11-45-13-15-48(5,16-14-45)20-25-7-9-26(10-8-25)43-37(49)24(3)42-4/h7-10,17-18,24,39,42,51-52H,6,11-16,19-22H2,1-5H3/p+1/t24-,39?,40-/m0/s1. The number of rotatable bonds is 9. The highest BCUT2D eigenvalue weighted by atomic mass is 19.1. The number of hydrogen-bond donors (Lipinski definition) is 4. The first-order chi connectivity index (χ1) is 25.8. The van der Waals surface area contributed by atoms with Crippen LogP contribution in [0.1, 0.15) is 48.1 Å². The topological polar surface area (TPSA) is 141 Å². The number of aryl methyl sites for hydroxylation is 1. The fourth-order valence-electron chi connectivity index (χ4n) is 8.48. The molecule has 0 spiro atoms. The van der Waals surface area contributed by atoms with E-state index in [1.807, 2.05) is 26.0 Å². The molecule has 1 amide bonds. The van der Waals surface area contributed by atoms with Crippen molar-refractivity contribution in [3.05, 3.63) is 80.4 Å². The summed E-state index contributed by atoms with van der Waals surface area (Å²) < 4.78 is 29.6. The Hall–Kier alpha value is -4.44. The molecule has 4 aliphatic heterocycles. The summed E-state index contributed by atoms with van der Waals surface area (Å²) in [5.74, 6) is -0.326. The Morgan fingerprint density at radius 2 is 1.91 bits per heavy atom. The van der Waals surface area contributed by atoms with Crippen molar-refractivity contribution in [3.8, 4) is 17.1 Å². The summed E-state index contributed by atoms with van der Waals surface area (Å²) in [5.41, 5.74) is 4.69. The van der Waals surface area contributed by atoms with Gasteiger partial charge < -0.3 is 44.3 Å². The van der Waals surface area contributed by atoms with E-state index in [1.54, 1.807) is 24.6 Å². The lowest BCUT2D eigenvalue weighted by molar-refractivity contribution is -0.926. The largest absolute Gasteiger partial charge is 0.468 e. The van der Waals surface area contributed by atoms with Gasteiger partial charge >= 0.3 is 0 Å². The molecular weight excluding hydrogens is 693 g/mol. The maximum absolute atomic E-state index is 15.7. The number of amides is 1. The van der Waals surface area contributed by atoms with E-state index in [4.69, 9.17) is 14.5 Å². The molecule has 0 saturated carbocycles. The number of quaternary nitrogens is 1. The van der Waals surface area contributed by atoms with Gasteiger partial charge in [-0.15, -0.1) is 0 Å². The van der Waals surface area contributed by atoms with E-state index in [1.165, 1.54) is 11.6 Å². The minimum atomic E-state index is -1.73. The number of aliphatic hydroxyl groups is 2. The molecule has 6 heterocycles. The zero-order chi connectivity index (χ0) is 38.1. The number of benzene rings is 2. The molecule has 0 radical (unpaired) electrons. The summed E-state index contributed by atoms with van der Waals surface area (Å²) in [6.45, 7) is 12.1. The Kier molecular flexibility index (Phi) is 9.26. The highest BCUT2D eigenvalue weighted by Gasteiger charge is 2.45. The number of piperazine rings is 1. The van der Waals surface area contributed by atoms with Crippen LogP contribution in [0, 0.1) is 12.7 Å². The molecule has 8 rings (SSSR count). The Labute approximate surface area is 313 Å². The summed E-state index contributed by atoms with van der Waals surface area (Å²) in [5, 5.41) is 28.6. The molecule has 0 bridgehead atoms. The number of fused-ring (bicyclic) bond motifs is 7. The second kappa shape index (κ2) is 13.7. The first-order valence-corrected chi connectivity index (χ1v) is 18.8. The SMILES string of the molecule is CC[C@]1(O)c2cc3n(c(=O)c2COC1O)Cc1c-3nc2cc(F)c3c(c2c1C)N(CCN1CC[N+](C)(Cc2ccc(NC(=O)[C@H](C)NC)cc2)CC1)CO3. The number of aromatic nitrogens is 2. The molecule has 1 unspecified atom stereocenters. The molecule has 0 aliphatic carbocycles. The normalized spacial score (nSPS) is 22.0. The minimum Gasteiger partial charge on any atom is -0.468 e. The van der Waals surface area contributed by atoms with Crippen LogP contribution in [-0.2, 0) is 34.8 Å². The van der Waals surface area contributed by atoms with Crippen molar-refractivity contribution in [2.45, 2.75) is 64.8 Å². The highest BCUT2D eigenvalue weighted by Crippen LogP contribution is 2.47. The van der Waals surface area contributed by atoms with Crippen LogP contribution < -0.4 is 25.8 Å². The maximum atomic E-state index is 15.7. The molecular formula is C40H49FN7O6+. The smallest absolute Gasteiger partial charge is 0.257 e. The molecule has 14 heteroatoms. The number of nitrogens with one attached hydrogen (secondary N) is 2. The van der Waals surface area contributed by atoms with Gasteiger partial charge in [0.15, 0.2) is 24.6 Å². The average molecular weight is 743 g/mol. The molecule has 3 atom stereocenters. The van der Waals surface area contributed by atoms with Crippen molar-refractivity contribution in [1.82, 2.24) is 19.8 Å². The lowest BCUT2D eigenvalue weighted by atomic mass is 9.85. The number of aliphatic hydroxyl groups excluding tert-OH is 1. The first kappa shape index (κ1) is 36.5. The Morgan fingerprint density at radius 3 is 2.61 bits per heavy atom. The predicted molar refractivity (Wildman–Crippen MR) is 203 cm³/mol. The van der Waals surface area contributed by atoms with E-state index in [2.05, 4.69) is 39.6 Å². The average Bonchev–Trinajstić information content (AvgIpc) is 3.76. The number of anilines is 2. The third kappa shape index (κ3) is 6.05. The fraction of sp³-hybridized carbons (Fsp3) is 0.475. The maximum Gasteiger partial charge on any atom is 0.257 e. The summed E-state index contributed by atoms with van der Waals surface area (Å²) in [7, 11) is 4.05. The molecule has 2 aromatic carbocycles. The Bertz CT molecular complexity index is 2200. The van der Waals surface area contributed by atoms with Gasteiger partial charge in [0.1, 0.15) is 12.1 Å². The molecule has 286 valence electrons. The van der Waals surface area contributed by atoms with Crippen molar-refractivity contribution in [2.24, 2.45) is 0 Å². The van der Waals surface area contributed by atoms with Crippen molar-refractivity contribution in [1.29, 1.82) is 0 Å².